The van der Waals surface area contributed by atoms with Crippen LogP contribution in [0.4, 0.5) is 0 Å². The Kier molecular flexibility index (Phi) is 3.69. The van der Waals surface area contributed by atoms with Crippen LogP contribution in [0.15, 0.2) is 35.7 Å². The maximum absolute atomic E-state index is 4.32. The molecule has 92 valence electrons. The molecule has 0 radical (unpaired) electrons. The molecule has 0 saturated carbocycles. The van der Waals surface area contributed by atoms with Crippen LogP contribution >= 0.6 is 34.4 Å². The van der Waals surface area contributed by atoms with Gasteiger partial charge >= 0.3 is 0 Å². The van der Waals surface area contributed by atoms with Gasteiger partial charge in [0.25, 0.3) is 0 Å². The second-order valence-electron chi connectivity index (χ2n) is 4.14. The minimum Gasteiger partial charge on any atom is -0.234 e. The molecule has 18 heavy (non-hydrogen) atoms. The van der Waals surface area contributed by atoms with E-state index in [1.54, 1.807) is 0 Å². The number of aromatic nitrogens is 3. The number of nitrogens with zero attached hydrogens (tertiary/aromatic N) is 3. The first kappa shape index (κ1) is 12.2. The van der Waals surface area contributed by atoms with E-state index in [4.69, 9.17) is 0 Å². The van der Waals surface area contributed by atoms with Gasteiger partial charge in [-0.05, 0) is 45.6 Å². The van der Waals surface area contributed by atoms with E-state index in [0.29, 0.717) is 0 Å². The summed E-state index contributed by atoms with van der Waals surface area (Å²) in [7, 11) is 0. The third-order valence-corrected chi connectivity index (χ3v) is 4.83. The van der Waals surface area contributed by atoms with Crippen LogP contribution in [-0.2, 0) is 6.54 Å². The molecule has 0 aliphatic carbocycles. The zero-order valence-corrected chi connectivity index (χ0v) is 12.7. The number of benzene rings is 1. The summed E-state index contributed by atoms with van der Waals surface area (Å²) in [5.41, 5.74) is 3.63. The maximum atomic E-state index is 4.32. The number of allylic oxidation sites excluding steroid dienone is 1. The Balaban J connectivity index is 1.86. The highest BCUT2D eigenvalue weighted by molar-refractivity contribution is 14.1. The van der Waals surface area contributed by atoms with Crippen LogP contribution in [0, 0.1) is 3.70 Å². The summed E-state index contributed by atoms with van der Waals surface area (Å²) in [6, 6.07) is 10.4. The molecule has 0 N–H and O–H groups in total. The Morgan fingerprint density at radius 3 is 2.83 bits per heavy atom. The third kappa shape index (κ3) is 2.47. The third-order valence-electron chi connectivity index (χ3n) is 2.87. The van der Waals surface area contributed by atoms with Gasteiger partial charge in [-0.15, -0.1) is 16.9 Å². The first-order valence-electron chi connectivity index (χ1n) is 5.78. The molecule has 0 saturated heterocycles. The average Bonchev–Trinajstić information content (AvgIpc) is 3.02. The minimum absolute atomic E-state index is 0.784. The lowest BCUT2D eigenvalue weighted by molar-refractivity contribution is 0.636. The summed E-state index contributed by atoms with van der Waals surface area (Å²) in [5, 5.41) is 10.8. The lowest BCUT2D eigenvalue weighted by atomic mass is 10.2. The molecule has 5 heteroatoms. The monoisotopic (exact) mass is 369 g/mol. The van der Waals surface area contributed by atoms with E-state index in [1.165, 1.54) is 11.1 Å². The Hall–Kier alpha value is -0.820. The number of rotatable bonds is 3. The number of halogens is 1. The van der Waals surface area contributed by atoms with Crippen LogP contribution in [0.1, 0.15) is 17.7 Å². The van der Waals surface area contributed by atoms with Crippen molar-refractivity contribution >= 4 is 39.9 Å². The van der Waals surface area contributed by atoms with Crippen molar-refractivity contribution in [1.29, 1.82) is 0 Å². The van der Waals surface area contributed by atoms with E-state index < -0.39 is 0 Å². The molecule has 1 aromatic carbocycles. The van der Waals surface area contributed by atoms with E-state index in [9.17, 15) is 0 Å². The topological polar surface area (TPSA) is 30.7 Å². The second-order valence-corrected chi connectivity index (χ2v) is 6.14. The highest BCUT2D eigenvalue weighted by Gasteiger charge is 2.17. The van der Waals surface area contributed by atoms with Crippen LogP contribution < -0.4 is 0 Å². The van der Waals surface area contributed by atoms with E-state index in [2.05, 4.69) is 62.6 Å². The molecule has 2 heterocycles. The summed E-state index contributed by atoms with van der Waals surface area (Å²) in [5.74, 6) is 1.16. The molecule has 0 bridgehead atoms. The van der Waals surface area contributed by atoms with E-state index in [0.717, 1.165) is 28.1 Å². The largest absolute Gasteiger partial charge is 0.234 e. The molecule has 1 aromatic heterocycles. The first-order valence-corrected chi connectivity index (χ1v) is 7.91. The molecule has 3 nitrogen and oxygen atoms in total. The van der Waals surface area contributed by atoms with Crippen molar-refractivity contribution in [3.8, 4) is 0 Å². The highest BCUT2D eigenvalue weighted by atomic mass is 127. The van der Waals surface area contributed by atoms with Gasteiger partial charge in [-0.1, -0.05) is 35.5 Å². The van der Waals surface area contributed by atoms with Crippen molar-refractivity contribution in [2.75, 3.05) is 5.75 Å². The molecule has 0 atom stereocenters. The van der Waals surface area contributed by atoms with Crippen molar-refractivity contribution in [2.24, 2.45) is 0 Å². The van der Waals surface area contributed by atoms with Gasteiger partial charge in [0.05, 0.1) is 6.54 Å². The molecule has 0 unspecified atom stereocenters. The average molecular weight is 369 g/mol. The van der Waals surface area contributed by atoms with E-state index in [-0.39, 0.29) is 0 Å². The van der Waals surface area contributed by atoms with Crippen LogP contribution in [0.2, 0.25) is 0 Å². The zero-order chi connectivity index (χ0) is 12.4. The standard InChI is InChI=1S/C13H12IN3S/c14-13-12(11-6-7-18-9-11)15-16-17(13)8-10-4-2-1-3-5-10/h1-5,9H,6-8H2. The fourth-order valence-electron chi connectivity index (χ4n) is 1.92. The molecule has 0 spiro atoms. The van der Waals surface area contributed by atoms with Gasteiger partial charge in [0.2, 0.25) is 0 Å². The summed E-state index contributed by atoms with van der Waals surface area (Å²) in [6.07, 6.45) is 1.10. The van der Waals surface area contributed by atoms with Crippen LogP contribution in [0.5, 0.6) is 0 Å². The van der Waals surface area contributed by atoms with Gasteiger partial charge in [-0.3, -0.25) is 0 Å². The number of hydrogen-bond acceptors (Lipinski definition) is 3. The Bertz CT molecular complexity index is 577. The summed E-state index contributed by atoms with van der Waals surface area (Å²) in [4.78, 5) is 0. The van der Waals surface area contributed by atoms with Crippen LogP contribution in [-0.4, -0.2) is 20.7 Å². The normalized spacial score (nSPS) is 14.8. The van der Waals surface area contributed by atoms with Crippen LogP contribution in [0.25, 0.3) is 5.57 Å². The predicted octanol–water partition coefficient (Wildman–Crippen LogP) is 3.41. The van der Waals surface area contributed by atoms with Crippen molar-refractivity contribution in [3.05, 3.63) is 50.7 Å². The second kappa shape index (κ2) is 5.44. The van der Waals surface area contributed by atoms with Gasteiger partial charge in [-0.25, -0.2) is 4.68 Å². The van der Waals surface area contributed by atoms with Gasteiger partial charge < -0.3 is 0 Å². The SMILES string of the molecule is Ic1c(C2=CSCC2)nnn1Cc1ccccc1. The van der Waals surface area contributed by atoms with E-state index in [1.807, 2.05) is 22.5 Å². The first-order chi connectivity index (χ1) is 8.84. The Morgan fingerprint density at radius 1 is 1.28 bits per heavy atom. The van der Waals surface area contributed by atoms with Gasteiger partial charge in [0.15, 0.2) is 0 Å². The smallest absolute Gasteiger partial charge is 0.127 e. The summed E-state index contributed by atoms with van der Waals surface area (Å²) < 4.78 is 3.10. The molecular weight excluding hydrogens is 357 g/mol. The highest BCUT2D eigenvalue weighted by Crippen LogP contribution is 2.31. The van der Waals surface area contributed by atoms with Crippen molar-refractivity contribution in [3.63, 3.8) is 0 Å². The van der Waals surface area contributed by atoms with Crippen molar-refractivity contribution in [2.45, 2.75) is 13.0 Å². The van der Waals surface area contributed by atoms with Crippen molar-refractivity contribution in [1.82, 2.24) is 15.0 Å². The molecule has 3 rings (SSSR count). The number of thioether (sulfide) groups is 1. The van der Waals surface area contributed by atoms with Gasteiger partial charge in [0.1, 0.15) is 9.39 Å². The Labute approximate surface area is 124 Å². The molecule has 2 aromatic rings. The summed E-state index contributed by atoms with van der Waals surface area (Å²) in [6.45, 7) is 0.784. The molecule has 0 fully saturated rings. The Morgan fingerprint density at radius 2 is 2.11 bits per heavy atom. The summed E-state index contributed by atoms with van der Waals surface area (Å²) >= 11 is 4.20. The fourth-order valence-corrected chi connectivity index (χ4v) is 3.52. The van der Waals surface area contributed by atoms with Gasteiger partial charge in [-0.2, -0.15) is 0 Å². The lowest BCUT2D eigenvalue weighted by Crippen LogP contribution is -2.04. The van der Waals surface area contributed by atoms with E-state index >= 15 is 0 Å². The lowest BCUT2D eigenvalue weighted by Gasteiger charge is -2.03. The molecular formula is C13H12IN3S. The van der Waals surface area contributed by atoms with Gasteiger partial charge in [0, 0.05) is 5.75 Å². The molecule has 1 aliphatic rings. The fraction of sp³-hybridized carbons (Fsp3) is 0.231. The molecule has 1 aliphatic heterocycles. The van der Waals surface area contributed by atoms with Crippen LogP contribution in [0.3, 0.4) is 0 Å². The quantitative estimate of drug-likeness (QED) is 0.777. The maximum Gasteiger partial charge on any atom is 0.127 e. The predicted molar refractivity (Wildman–Crippen MR) is 83.3 cm³/mol. The zero-order valence-electron chi connectivity index (χ0n) is 9.71. The van der Waals surface area contributed by atoms with Crippen molar-refractivity contribution < 1.29 is 0 Å². The minimum atomic E-state index is 0.784. The molecule has 0 amide bonds. The number of hydrogen-bond donors (Lipinski definition) is 0.